The smallest absolute Gasteiger partial charge is 0.161 e. The summed E-state index contributed by atoms with van der Waals surface area (Å²) in [6.07, 6.45) is 0.650. The molecule has 1 aliphatic heterocycles. The molecular weight excluding hydrogens is 372 g/mol. The maximum absolute atomic E-state index is 9.64. The summed E-state index contributed by atoms with van der Waals surface area (Å²) < 4.78 is 21.6. The van der Waals surface area contributed by atoms with Gasteiger partial charge in [-0.15, -0.1) is 0 Å². The first kappa shape index (κ1) is 20.8. The number of nitrogens with two attached hydrogens (primary N) is 1. The van der Waals surface area contributed by atoms with E-state index in [2.05, 4.69) is 17.4 Å². The van der Waals surface area contributed by atoms with E-state index in [9.17, 15) is 5.21 Å². The van der Waals surface area contributed by atoms with Gasteiger partial charge in [-0.25, -0.2) is 0 Å². The first-order valence-electron chi connectivity index (χ1n) is 9.55. The van der Waals surface area contributed by atoms with Crippen molar-refractivity contribution in [3.63, 3.8) is 0 Å². The third-order valence-corrected chi connectivity index (χ3v) is 5.69. The van der Waals surface area contributed by atoms with Crippen LogP contribution >= 0.6 is 0 Å². The second kappa shape index (κ2) is 9.05. The van der Waals surface area contributed by atoms with E-state index in [1.165, 1.54) is 0 Å². The minimum atomic E-state index is 0.0625. The largest absolute Gasteiger partial charge is 0.493 e. The predicted octanol–water partition coefficient (Wildman–Crippen LogP) is 2.94. The Kier molecular flexibility index (Phi) is 6.49. The summed E-state index contributed by atoms with van der Waals surface area (Å²) in [5.41, 5.74) is 2.94. The topological polar surface area (TPSA) is 86.1 Å². The van der Waals surface area contributed by atoms with Gasteiger partial charge in [0.1, 0.15) is 12.1 Å². The molecule has 3 rings (SSSR count). The van der Waals surface area contributed by atoms with Crippen LogP contribution in [0, 0.1) is 5.92 Å². The van der Waals surface area contributed by atoms with Crippen molar-refractivity contribution in [3.05, 3.63) is 47.5 Å². The van der Waals surface area contributed by atoms with Crippen molar-refractivity contribution in [2.24, 2.45) is 11.1 Å². The molecule has 3 atom stereocenters. The average molecular weight is 401 g/mol. The molecule has 1 fully saturated rings. The molecule has 0 aromatic heterocycles. The number of quaternary nitrogens is 1. The van der Waals surface area contributed by atoms with Gasteiger partial charge in [-0.05, 0) is 36.4 Å². The highest BCUT2D eigenvalue weighted by molar-refractivity contribution is 5.87. The lowest BCUT2D eigenvalue weighted by Crippen LogP contribution is -2.90. The lowest BCUT2D eigenvalue weighted by atomic mass is 9.81. The zero-order chi connectivity index (χ0) is 21.0. The van der Waals surface area contributed by atoms with Crippen molar-refractivity contribution in [2.75, 3.05) is 28.4 Å². The first-order chi connectivity index (χ1) is 14.1. The Hall–Kier alpha value is -2.93. The second-order valence-corrected chi connectivity index (χ2v) is 7.14. The minimum Gasteiger partial charge on any atom is -0.493 e. The fourth-order valence-corrected chi connectivity index (χ4v) is 4.01. The fourth-order valence-electron chi connectivity index (χ4n) is 4.01. The van der Waals surface area contributed by atoms with Crippen molar-refractivity contribution < 1.29 is 29.5 Å². The molecule has 3 N–H and O–H groups in total. The molecule has 2 aromatic carbocycles. The molecule has 0 bridgehead atoms. The van der Waals surface area contributed by atoms with E-state index in [1.54, 1.807) is 28.4 Å². The van der Waals surface area contributed by atoms with Crippen LogP contribution in [0.1, 0.15) is 36.6 Å². The number of methoxy groups -OCH3 is 4. The van der Waals surface area contributed by atoms with E-state index in [4.69, 9.17) is 18.9 Å². The molecular formula is C22H29N2O5+. The highest BCUT2D eigenvalue weighted by Crippen LogP contribution is 2.36. The highest BCUT2D eigenvalue weighted by Gasteiger charge is 2.38. The van der Waals surface area contributed by atoms with Crippen LogP contribution < -0.4 is 24.3 Å². The molecule has 1 heterocycles. The summed E-state index contributed by atoms with van der Waals surface area (Å²) >= 11 is 0. The van der Waals surface area contributed by atoms with Crippen molar-refractivity contribution in [2.45, 2.75) is 25.4 Å². The Labute approximate surface area is 171 Å². The molecule has 0 spiro atoms. The predicted molar refractivity (Wildman–Crippen MR) is 110 cm³/mol. The van der Waals surface area contributed by atoms with E-state index in [-0.39, 0.29) is 18.0 Å². The van der Waals surface area contributed by atoms with E-state index >= 15 is 0 Å². The third-order valence-electron chi connectivity index (χ3n) is 5.69. The van der Waals surface area contributed by atoms with Crippen molar-refractivity contribution in [1.29, 1.82) is 0 Å². The Morgan fingerprint density at radius 1 is 0.828 bits per heavy atom. The van der Waals surface area contributed by atoms with Gasteiger partial charge in [-0.2, -0.15) is 0 Å². The van der Waals surface area contributed by atoms with Crippen molar-refractivity contribution >= 4 is 5.71 Å². The number of hydrogen-bond acceptors (Lipinski definition) is 6. The number of nitrogens with zero attached hydrogens (tertiary/aromatic N) is 1. The molecule has 29 heavy (non-hydrogen) atoms. The summed E-state index contributed by atoms with van der Waals surface area (Å²) in [5, 5.41) is 15.6. The van der Waals surface area contributed by atoms with E-state index in [0.29, 0.717) is 29.4 Å². The second-order valence-electron chi connectivity index (χ2n) is 7.14. The van der Waals surface area contributed by atoms with E-state index in [1.807, 2.05) is 36.4 Å². The minimum absolute atomic E-state index is 0.0625. The summed E-state index contributed by atoms with van der Waals surface area (Å²) in [6, 6.07) is 12.0. The number of benzene rings is 2. The highest BCUT2D eigenvalue weighted by atomic mass is 16.5. The van der Waals surface area contributed by atoms with Crippen LogP contribution in [-0.4, -0.2) is 39.4 Å². The normalized spacial score (nSPS) is 22.9. The van der Waals surface area contributed by atoms with Gasteiger partial charge in [0.15, 0.2) is 23.0 Å². The SMILES string of the molecule is COc1ccc([C@@H]2C/C(=N\O)[C@H](C)[C@@H](c3ccc(OC)c(OC)c3)[NH2+]2)cc1OC. The maximum atomic E-state index is 9.64. The summed E-state index contributed by atoms with van der Waals surface area (Å²) in [5.74, 6) is 2.80. The van der Waals surface area contributed by atoms with E-state index < -0.39 is 0 Å². The van der Waals surface area contributed by atoms with E-state index in [0.717, 1.165) is 16.8 Å². The first-order valence-corrected chi connectivity index (χ1v) is 9.55. The zero-order valence-electron chi connectivity index (χ0n) is 17.5. The van der Waals surface area contributed by atoms with Gasteiger partial charge in [-0.3, -0.25) is 0 Å². The monoisotopic (exact) mass is 401 g/mol. The Bertz CT molecular complexity index is 884. The molecule has 1 saturated heterocycles. The Morgan fingerprint density at radius 2 is 1.34 bits per heavy atom. The van der Waals surface area contributed by atoms with Crippen LogP contribution in [-0.2, 0) is 0 Å². The van der Waals surface area contributed by atoms with Gasteiger partial charge in [0.05, 0.1) is 40.1 Å². The quantitative estimate of drug-likeness (QED) is 0.574. The summed E-state index contributed by atoms with van der Waals surface area (Å²) in [7, 11) is 6.50. The molecule has 0 aliphatic carbocycles. The average Bonchev–Trinajstić information content (AvgIpc) is 2.78. The van der Waals surface area contributed by atoms with Crippen LogP contribution in [0.5, 0.6) is 23.0 Å². The molecule has 0 radical (unpaired) electrons. The van der Waals surface area contributed by atoms with Crippen molar-refractivity contribution in [3.8, 4) is 23.0 Å². The molecule has 0 amide bonds. The van der Waals surface area contributed by atoms with Gasteiger partial charge in [0.2, 0.25) is 0 Å². The maximum Gasteiger partial charge on any atom is 0.161 e. The van der Waals surface area contributed by atoms with Gasteiger partial charge in [-0.1, -0.05) is 12.1 Å². The number of ether oxygens (including phenoxy) is 4. The van der Waals surface area contributed by atoms with Crippen LogP contribution in [0.4, 0.5) is 0 Å². The lowest BCUT2D eigenvalue weighted by molar-refractivity contribution is -0.741. The Balaban J connectivity index is 1.97. The zero-order valence-corrected chi connectivity index (χ0v) is 17.5. The molecule has 7 heteroatoms. The Morgan fingerprint density at radius 3 is 1.86 bits per heavy atom. The number of oxime groups is 1. The molecule has 1 aliphatic rings. The van der Waals surface area contributed by atoms with Crippen LogP contribution in [0.3, 0.4) is 0 Å². The summed E-state index contributed by atoms with van der Waals surface area (Å²) in [6.45, 7) is 2.08. The number of piperidine rings is 1. The number of rotatable bonds is 6. The third kappa shape index (κ3) is 4.10. The molecule has 156 valence electrons. The lowest BCUT2D eigenvalue weighted by Gasteiger charge is -2.34. The summed E-state index contributed by atoms with van der Waals surface area (Å²) in [4.78, 5) is 0. The molecule has 0 unspecified atom stereocenters. The molecule has 0 saturated carbocycles. The van der Waals surface area contributed by atoms with Gasteiger partial charge < -0.3 is 29.5 Å². The van der Waals surface area contributed by atoms with Crippen LogP contribution in [0.25, 0.3) is 0 Å². The van der Waals surface area contributed by atoms with Gasteiger partial charge in [0.25, 0.3) is 0 Å². The van der Waals surface area contributed by atoms with Crippen molar-refractivity contribution in [1.82, 2.24) is 0 Å². The van der Waals surface area contributed by atoms with Crippen LogP contribution in [0.15, 0.2) is 41.6 Å². The van der Waals surface area contributed by atoms with Crippen LogP contribution in [0.2, 0.25) is 0 Å². The standard InChI is InChI=1S/C22H28N2O5/c1-13-16(24-25)12-17(14-6-8-18(26-2)20(10-14)28-4)23-22(13)15-7-9-19(27-3)21(11-15)29-5/h6-11,13,17,22-23,25H,12H2,1-5H3/p+1/b24-16+/t13-,17-,22-/m0/s1. The number of hydrogen-bond donors (Lipinski definition) is 2. The molecule has 7 nitrogen and oxygen atoms in total. The molecule has 2 aromatic rings. The van der Waals surface area contributed by atoms with Gasteiger partial charge in [0, 0.05) is 17.5 Å². The fraction of sp³-hybridized carbons (Fsp3) is 0.409. The van der Waals surface area contributed by atoms with Gasteiger partial charge >= 0.3 is 0 Å².